The van der Waals surface area contributed by atoms with Crippen LogP contribution in [0, 0.1) is 12.8 Å². The van der Waals surface area contributed by atoms with Gasteiger partial charge in [0.25, 0.3) is 11.1 Å². The van der Waals surface area contributed by atoms with E-state index in [0.717, 1.165) is 40.6 Å². The molecule has 4 nitrogen and oxygen atoms in total. The molecule has 0 atom stereocenters. The minimum Gasteiger partial charge on any atom is -0.493 e. The molecule has 0 aromatic heterocycles. The van der Waals surface area contributed by atoms with Crippen molar-refractivity contribution in [2.75, 3.05) is 6.61 Å². The van der Waals surface area contributed by atoms with Gasteiger partial charge in [-0.2, -0.15) is 0 Å². The molecule has 1 saturated heterocycles. The van der Waals surface area contributed by atoms with Gasteiger partial charge in [0.15, 0.2) is 0 Å². The predicted molar refractivity (Wildman–Crippen MR) is 137 cm³/mol. The topological polar surface area (TPSA) is 55.4 Å². The summed E-state index contributed by atoms with van der Waals surface area (Å²) in [6.07, 6.45) is 5.20. The molecule has 1 aliphatic heterocycles. The second kappa shape index (κ2) is 8.86. The van der Waals surface area contributed by atoms with Crippen molar-refractivity contribution in [3.63, 3.8) is 0 Å². The number of benzene rings is 2. The molecule has 33 heavy (non-hydrogen) atoms. The summed E-state index contributed by atoms with van der Waals surface area (Å²) in [6.45, 7) is 13.8. The number of fused-ring (bicyclic) bond motifs is 1. The Morgan fingerprint density at radius 1 is 1.12 bits per heavy atom. The summed E-state index contributed by atoms with van der Waals surface area (Å²) < 4.78 is 5.99. The summed E-state index contributed by atoms with van der Waals surface area (Å²) in [5.74, 6) is 0.903. The SMILES string of the molecule is CCOc1ccc(/C=C2/SC(=O)NC2=O)cc1-c1cc2c(cc1C)C(C)(C)CC=C2C(C)C. The van der Waals surface area contributed by atoms with Crippen LogP contribution in [0.2, 0.25) is 0 Å². The third-order valence-corrected chi connectivity index (χ3v) is 7.20. The van der Waals surface area contributed by atoms with Crippen LogP contribution in [0.1, 0.15) is 63.3 Å². The van der Waals surface area contributed by atoms with Gasteiger partial charge < -0.3 is 4.74 Å². The Labute approximate surface area is 200 Å². The van der Waals surface area contributed by atoms with Crippen molar-refractivity contribution in [3.05, 3.63) is 63.6 Å². The first-order chi connectivity index (χ1) is 15.6. The van der Waals surface area contributed by atoms with Crippen LogP contribution in [-0.4, -0.2) is 17.8 Å². The largest absolute Gasteiger partial charge is 0.493 e. The number of thioether (sulfide) groups is 1. The van der Waals surface area contributed by atoms with Crippen LogP contribution >= 0.6 is 11.8 Å². The first kappa shape index (κ1) is 23.4. The number of amides is 2. The zero-order valence-electron chi connectivity index (χ0n) is 20.2. The summed E-state index contributed by atoms with van der Waals surface area (Å²) in [5.41, 5.74) is 8.35. The van der Waals surface area contributed by atoms with E-state index < -0.39 is 0 Å². The van der Waals surface area contributed by atoms with E-state index >= 15 is 0 Å². The number of aryl methyl sites for hydroxylation is 1. The van der Waals surface area contributed by atoms with Crippen LogP contribution in [0.25, 0.3) is 22.8 Å². The van der Waals surface area contributed by atoms with E-state index in [1.165, 1.54) is 22.3 Å². The fourth-order valence-corrected chi connectivity index (χ4v) is 5.31. The maximum absolute atomic E-state index is 12.0. The van der Waals surface area contributed by atoms with E-state index in [4.69, 9.17) is 4.74 Å². The van der Waals surface area contributed by atoms with Gasteiger partial charge >= 0.3 is 0 Å². The lowest BCUT2D eigenvalue weighted by Crippen LogP contribution is -2.23. The van der Waals surface area contributed by atoms with E-state index in [9.17, 15) is 9.59 Å². The van der Waals surface area contributed by atoms with Crippen molar-refractivity contribution >= 4 is 34.6 Å². The second-order valence-electron chi connectivity index (χ2n) is 9.66. The van der Waals surface area contributed by atoms with E-state index in [1.807, 2.05) is 19.1 Å². The number of imide groups is 1. The predicted octanol–water partition coefficient (Wildman–Crippen LogP) is 7.11. The molecule has 0 unspecified atom stereocenters. The van der Waals surface area contributed by atoms with Gasteiger partial charge in [0.1, 0.15) is 5.75 Å². The highest BCUT2D eigenvalue weighted by Gasteiger charge is 2.30. The second-order valence-corrected chi connectivity index (χ2v) is 10.7. The third-order valence-electron chi connectivity index (χ3n) is 6.39. The van der Waals surface area contributed by atoms with Crippen LogP contribution in [0.4, 0.5) is 4.79 Å². The normalized spacial score (nSPS) is 18.4. The number of hydrogen-bond acceptors (Lipinski definition) is 4. The molecule has 1 aliphatic carbocycles. The highest BCUT2D eigenvalue weighted by atomic mass is 32.2. The minimum atomic E-state index is -0.348. The Morgan fingerprint density at radius 3 is 2.52 bits per heavy atom. The van der Waals surface area contributed by atoms with Gasteiger partial charge in [-0.1, -0.05) is 45.9 Å². The van der Waals surface area contributed by atoms with Crippen LogP contribution in [0.3, 0.4) is 0 Å². The van der Waals surface area contributed by atoms with Crippen molar-refractivity contribution in [2.45, 2.75) is 53.4 Å². The molecule has 0 saturated carbocycles. The van der Waals surface area contributed by atoms with Crippen molar-refractivity contribution < 1.29 is 14.3 Å². The van der Waals surface area contributed by atoms with Crippen LogP contribution in [0.5, 0.6) is 5.75 Å². The van der Waals surface area contributed by atoms with Gasteiger partial charge in [0, 0.05) is 5.56 Å². The molecular formula is C28H31NO3S. The molecule has 1 heterocycles. The zero-order chi connectivity index (χ0) is 23.9. The number of nitrogens with one attached hydrogen (secondary N) is 1. The molecule has 1 fully saturated rings. The van der Waals surface area contributed by atoms with Crippen molar-refractivity contribution in [1.29, 1.82) is 0 Å². The lowest BCUT2D eigenvalue weighted by atomic mass is 9.70. The minimum absolute atomic E-state index is 0.0889. The molecular weight excluding hydrogens is 430 g/mol. The maximum Gasteiger partial charge on any atom is 0.290 e. The molecule has 5 heteroatoms. The number of hydrogen-bond donors (Lipinski definition) is 1. The Morgan fingerprint density at radius 2 is 1.88 bits per heavy atom. The molecule has 0 bridgehead atoms. The van der Waals surface area contributed by atoms with E-state index in [0.29, 0.717) is 17.4 Å². The number of rotatable bonds is 5. The number of carbonyl (C=O) groups is 2. The molecule has 2 aliphatic rings. The zero-order valence-corrected chi connectivity index (χ0v) is 21.0. The lowest BCUT2D eigenvalue weighted by Gasteiger charge is -2.34. The van der Waals surface area contributed by atoms with Crippen molar-refractivity contribution in [1.82, 2.24) is 5.32 Å². The van der Waals surface area contributed by atoms with Gasteiger partial charge in [-0.3, -0.25) is 14.9 Å². The van der Waals surface area contributed by atoms with E-state index in [-0.39, 0.29) is 16.6 Å². The number of carbonyl (C=O) groups excluding carboxylic acids is 2. The average Bonchev–Trinajstić information content (AvgIpc) is 3.06. The van der Waals surface area contributed by atoms with Gasteiger partial charge in [0.05, 0.1) is 11.5 Å². The summed E-state index contributed by atoms with van der Waals surface area (Å²) in [5, 5.41) is 1.98. The van der Waals surface area contributed by atoms with Gasteiger partial charge in [-0.15, -0.1) is 0 Å². The molecule has 2 aromatic rings. The summed E-state index contributed by atoms with van der Waals surface area (Å²) in [4.78, 5) is 24.0. The molecule has 2 amide bonds. The first-order valence-electron chi connectivity index (χ1n) is 11.5. The third kappa shape index (κ3) is 4.51. The van der Waals surface area contributed by atoms with Gasteiger partial charge in [-0.05, 0) is 101 Å². The molecule has 172 valence electrons. The molecule has 1 N–H and O–H groups in total. The molecule has 0 radical (unpaired) electrons. The van der Waals surface area contributed by atoms with E-state index in [2.05, 4.69) is 64.2 Å². The first-order valence-corrected chi connectivity index (χ1v) is 12.3. The van der Waals surface area contributed by atoms with Crippen LogP contribution < -0.4 is 10.1 Å². The lowest BCUT2D eigenvalue weighted by molar-refractivity contribution is -0.115. The summed E-state index contributed by atoms with van der Waals surface area (Å²) in [7, 11) is 0. The van der Waals surface area contributed by atoms with Crippen molar-refractivity contribution in [2.24, 2.45) is 5.92 Å². The monoisotopic (exact) mass is 461 g/mol. The standard InChI is InChI=1S/C28H31NO3S/c1-7-32-24-9-8-18(14-25-26(30)29-27(31)33-25)13-22(24)20-15-21-19(16(2)3)10-11-28(5,6)23(21)12-17(20)4/h8-10,12-16H,7,11H2,1-6H3,(H,29,30,31)/b25-14+. The summed E-state index contributed by atoms with van der Waals surface area (Å²) in [6, 6.07) is 10.6. The maximum atomic E-state index is 12.0. The Balaban J connectivity index is 1.89. The Bertz CT molecular complexity index is 1200. The Hall–Kier alpha value is -2.79. The number of allylic oxidation sites excluding steroid dienone is 2. The molecule has 4 rings (SSSR count). The fraction of sp³-hybridized carbons (Fsp3) is 0.357. The smallest absolute Gasteiger partial charge is 0.290 e. The molecule has 2 aromatic carbocycles. The summed E-state index contributed by atoms with van der Waals surface area (Å²) >= 11 is 0.932. The highest BCUT2D eigenvalue weighted by Crippen LogP contribution is 2.45. The molecule has 0 spiro atoms. The van der Waals surface area contributed by atoms with Gasteiger partial charge in [-0.25, -0.2) is 0 Å². The van der Waals surface area contributed by atoms with E-state index in [1.54, 1.807) is 6.08 Å². The average molecular weight is 462 g/mol. The van der Waals surface area contributed by atoms with Crippen LogP contribution in [0.15, 0.2) is 41.3 Å². The quantitative estimate of drug-likeness (QED) is 0.482. The van der Waals surface area contributed by atoms with Crippen molar-refractivity contribution in [3.8, 4) is 16.9 Å². The Kier molecular flexibility index (Phi) is 6.28. The fourth-order valence-electron chi connectivity index (χ4n) is 4.63. The highest BCUT2D eigenvalue weighted by molar-refractivity contribution is 8.18. The van der Waals surface area contributed by atoms with Gasteiger partial charge in [0.2, 0.25) is 0 Å². The number of ether oxygens (including phenoxy) is 1. The van der Waals surface area contributed by atoms with Crippen LogP contribution in [-0.2, 0) is 10.2 Å².